The van der Waals surface area contributed by atoms with Crippen molar-refractivity contribution in [3.63, 3.8) is 0 Å². The van der Waals surface area contributed by atoms with Crippen LogP contribution in [0.25, 0.3) is 0 Å². The molecule has 0 aliphatic heterocycles. The number of carbonyl (C=O) groups is 1. The van der Waals surface area contributed by atoms with Gasteiger partial charge in [0.2, 0.25) is 0 Å². The summed E-state index contributed by atoms with van der Waals surface area (Å²) in [6.45, 7) is 4.23. The number of ether oxygens (including phenoxy) is 1. The van der Waals surface area contributed by atoms with Crippen molar-refractivity contribution in [2.45, 2.75) is 37.2 Å². The molecule has 1 aromatic rings. The molecule has 0 saturated heterocycles. The van der Waals surface area contributed by atoms with Gasteiger partial charge >= 0.3 is 5.97 Å². The number of esters is 1. The van der Waals surface area contributed by atoms with Gasteiger partial charge in [-0.05, 0) is 18.9 Å². The largest absolute Gasteiger partial charge is 0.469 e. The molecule has 0 amide bonds. The fraction of sp³-hybridized carbons (Fsp3) is 0.500. The fourth-order valence-electron chi connectivity index (χ4n) is 1.49. The number of carbonyl (C=O) groups excluding carboxylic acids is 1. The minimum Gasteiger partial charge on any atom is -0.469 e. The van der Waals surface area contributed by atoms with Gasteiger partial charge in [-0.2, -0.15) is 11.8 Å². The molecule has 0 aromatic heterocycles. The summed E-state index contributed by atoms with van der Waals surface area (Å²) in [7, 11) is 1.44. The second-order valence-electron chi connectivity index (χ2n) is 4.33. The minimum atomic E-state index is -0.130. The Balaban J connectivity index is 2.54. The van der Waals surface area contributed by atoms with Gasteiger partial charge in [0.1, 0.15) is 0 Å². The van der Waals surface area contributed by atoms with Crippen molar-refractivity contribution in [1.29, 1.82) is 0 Å². The normalized spacial score (nSPS) is 14.1. The summed E-state index contributed by atoms with van der Waals surface area (Å²) in [5.74, 6) is 0.803. The van der Waals surface area contributed by atoms with Crippen LogP contribution >= 0.6 is 11.8 Å². The lowest BCUT2D eigenvalue weighted by molar-refractivity contribution is -0.141. The average Bonchev–Trinajstić information content (AvgIpc) is 2.37. The van der Waals surface area contributed by atoms with Crippen LogP contribution in [0.4, 0.5) is 0 Å². The predicted molar refractivity (Wildman–Crippen MR) is 73.1 cm³/mol. The highest BCUT2D eigenvalue weighted by Crippen LogP contribution is 2.34. The first-order valence-corrected chi connectivity index (χ1v) is 6.83. The smallest absolute Gasteiger partial charge is 0.306 e. The SMILES string of the molecule is CCC(C)(CC(=O)OC)SCc1ccccc1. The van der Waals surface area contributed by atoms with Gasteiger partial charge in [0.15, 0.2) is 0 Å². The molecule has 17 heavy (non-hydrogen) atoms. The van der Waals surface area contributed by atoms with Crippen LogP contribution in [0.1, 0.15) is 32.3 Å². The Labute approximate surface area is 108 Å². The Morgan fingerprint density at radius 3 is 2.53 bits per heavy atom. The summed E-state index contributed by atoms with van der Waals surface area (Å²) in [5.41, 5.74) is 1.29. The molecule has 0 saturated carbocycles. The Hall–Kier alpha value is -0.960. The Kier molecular flexibility index (Phi) is 5.56. The van der Waals surface area contributed by atoms with Crippen molar-refractivity contribution in [2.24, 2.45) is 0 Å². The van der Waals surface area contributed by atoms with Gasteiger partial charge in [-0.1, -0.05) is 37.3 Å². The Morgan fingerprint density at radius 2 is 2.00 bits per heavy atom. The van der Waals surface area contributed by atoms with Gasteiger partial charge in [0, 0.05) is 10.5 Å². The molecule has 0 aliphatic carbocycles. The molecule has 1 unspecified atom stereocenters. The number of rotatable bonds is 6. The second-order valence-corrected chi connectivity index (χ2v) is 5.89. The zero-order valence-corrected chi connectivity index (χ0v) is 11.5. The third-order valence-electron chi connectivity index (χ3n) is 2.92. The lowest BCUT2D eigenvalue weighted by atomic mass is 10.0. The lowest BCUT2D eigenvalue weighted by Crippen LogP contribution is -2.24. The fourth-order valence-corrected chi connectivity index (χ4v) is 2.62. The van der Waals surface area contributed by atoms with Gasteiger partial charge in [-0.25, -0.2) is 0 Å². The number of hydrogen-bond donors (Lipinski definition) is 0. The molecule has 0 bridgehead atoms. The first-order chi connectivity index (χ1) is 8.09. The number of benzene rings is 1. The summed E-state index contributed by atoms with van der Waals surface area (Å²) in [5, 5.41) is 0. The highest BCUT2D eigenvalue weighted by molar-refractivity contribution is 7.99. The maximum Gasteiger partial charge on any atom is 0.306 e. The molecule has 1 aromatic carbocycles. The first kappa shape index (κ1) is 14.1. The third kappa shape index (κ3) is 4.82. The van der Waals surface area contributed by atoms with Crippen LogP contribution in [0.3, 0.4) is 0 Å². The molecule has 0 radical (unpaired) electrons. The van der Waals surface area contributed by atoms with E-state index in [2.05, 4.69) is 26.0 Å². The zero-order valence-electron chi connectivity index (χ0n) is 10.7. The molecule has 0 spiro atoms. The highest BCUT2D eigenvalue weighted by Gasteiger charge is 2.26. The highest BCUT2D eigenvalue weighted by atomic mass is 32.2. The van der Waals surface area contributed by atoms with E-state index < -0.39 is 0 Å². The summed E-state index contributed by atoms with van der Waals surface area (Å²) in [6, 6.07) is 10.3. The van der Waals surface area contributed by atoms with Crippen molar-refractivity contribution in [3.05, 3.63) is 35.9 Å². The second kappa shape index (κ2) is 6.70. The molecule has 1 atom stereocenters. The molecule has 0 fully saturated rings. The van der Waals surface area contributed by atoms with Crippen molar-refractivity contribution in [1.82, 2.24) is 0 Å². The summed E-state index contributed by atoms with van der Waals surface area (Å²) in [4.78, 5) is 11.4. The molecule has 2 nitrogen and oxygen atoms in total. The van der Waals surface area contributed by atoms with E-state index in [0.29, 0.717) is 6.42 Å². The van der Waals surface area contributed by atoms with Gasteiger partial charge in [-0.15, -0.1) is 0 Å². The van der Waals surface area contributed by atoms with Crippen molar-refractivity contribution in [2.75, 3.05) is 7.11 Å². The average molecular weight is 252 g/mol. The van der Waals surface area contributed by atoms with Crippen molar-refractivity contribution < 1.29 is 9.53 Å². The van der Waals surface area contributed by atoms with Crippen LogP contribution in [0.2, 0.25) is 0 Å². The molecule has 0 heterocycles. The maximum atomic E-state index is 11.4. The molecular formula is C14H20O2S. The molecule has 0 aliphatic rings. The minimum absolute atomic E-state index is 0.0388. The summed E-state index contributed by atoms with van der Waals surface area (Å²) < 4.78 is 4.71. The topological polar surface area (TPSA) is 26.3 Å². The molecule has 94 valence electrons. The van der Waals surface area contributed by atoms with Gasteiger partial charge < -0.3 is 4.74 Å². The third-order valence-corrected chi connectivity index (χ3v) is 4.53. The van der Waals surface area contributed by atoms with E-state index in [9.17, 15) is 4.79 Å². The van der Waals surface area contributed by atoms with E-state index in [0.717, 1.165) is 12.2 Å². The van der Waals surface area contributed by atoms with Crippen molar-refractivity contribution >= 4 is 17.7 Å². The van der Waals surface area contributed by atoms with E-state index in [1.807, 2.05) is 30.0 Å². The Bertz CT molecular complexity index is 350. The number of hydrogen-bond acceptors (Lipinski definition) is 3. The molecular weight excluding hydrogens is 232 g/mol. The van der Waals surface area contributed by atoms with E-state index in [4.69, 9.17) is 4.74 Å². The molecule has 0 N–H and O–H groups in total. The number of methoxy groups -OCH3 is 1. The van der Waals surface area contributed by atoms with Crippen LogP contribution in [0.5, 0.6) is 0 Å². The van der Waals surface area contributed by atoms with Crippen LogP contribution in [0, 0.1) is 0 Å². The maximum absolute atomic E-state index is 11.4. The van der Waals surface area contributed by atoms with Crippen LogP contribution < -0.4 is 0 Å². The zero-order chi connectivity index (χ0) is 12.7. The molecule has 3 heteroatoms. The summed E-state index contributed by atoms with van der Waals surface area (Å²) >= 11 is 1.82. The Morgan fingerprint density at radius 1 is 1.35 bits per heavy atom. The van der Waals surface area contributed by atoms with Gasteiger partial charge in [-0.3, -0.25) is 4.79 Å². The first-order valence-electron chi connectivity index (χ1n) is 5.84. The van der Waals surface area contributed by atoms with E-state index >= 15 is 0 Å². The monoisotopic (exact) mass is 252 g/mol. The van der Waals surface area contributed by atoms with E-state index in [1.165, 1.54) is 12.7 Å². The predicted octanol–water partition coefficient (Wildman–Crippen LogP) is 3.65. The quantitative estimate of drug-likeness (QED) is 0.723. The van der Waals surface area contributed by atoms with Gasteiger partial charge in [0.05, 0.1) is 13.5 Å². The van der Waals surface area contributed by atoms with Crippen LogP contribution in [-0.4, -0.2) is 17.8 Å². The number of thioether (sulfide) groups is 1. The van der Waals surface area contributed by atoms with Crippen molar-refractivity contribution in [3.8, 4) is 0 Å². The molecule has 1 rings (SSSR count). The van der Waals surface area contributed by atoms with Gasteiger partial charge in [0.25, 0.3) is 0 Å². The standard InChI is InChI=1S/C14H20O2S/c1-4-14(2,10-13(15)16-3)17-11-12-8-6-5-7-9-12/h5-9H,4,10-11H2,1-3H3. The summed E-state index contributed by atoms with van der Waals surface area (Å²) in [6.07, 6.45) is 1.43. The lowest BCUT2D eigenvalue weighted by Gasteiger charge is -2.26. The van der Waals surface area contributed by atoms with E-state index in [1.54, 1.807) is 0 Å². The van der Waals surface area contributed by atoms with Crippen LogP contribution in [0.15, 0.2) is 30.3 Å². The van der Waals surface area contributed by atoms with Crippen LogP contribution in [-0.2, 0) is 15.3 Å². The van der Waals surface area contributed by atoms with E-state index in [-0.39, 0.29) is 10.7 Å².